The van der Waals surface area contributed by atoms with Crippen LogP contribution in [0.4, 0.5) is 0 Å². The lowest BCUT2D eigenvalue weighted by atomic mass is 9.92. The van der Waals surface area contributed by atoms with E-state index in [9.17, 15) is 0 Å². The van der Waals surface area contributed by atoms with Crippen molar-refractivity contribution in [1.29, 1.82) is 0 Å². The Bertz CT molecular complexity index is 529. The molecule has 1 aromatic heterocycles. The third-order valence-electron chi connectivity index (χ3n) is 3.49. The van der Waals surface area contributed by atoms with Gasteiger partial charge in [-0.15, -0.1) is 11.3 Å². The molecule has 3 N–H and O–H groups in total. The maximum atomic E-state index is 5.94. The first-order chi connectivity index (χ1) is 9.38. The SMILES string of the molecule is NNC(Cc1nccs1)C1OCCc2ccccc21. The van der Waals surface area contributed by atoms with Crippen molar-refractivity contribution in [3.05, 3.63) is 52.0 Å². The Balaban J connectivity index is 1.84. The molecule has 2 aromatic rings. The Morgan fingerprint density at radius 1 is 1.47 bits per heavy atom. The molecule has 0 spiro atoms. The number of benzene rings is 1. The van der Waals surface area contributed by atoms with Crippen LogP contribution >= 0.6 is 11.3 Å². The number of aromatic nitrogens is 1. The second kappa shape index (κ2) is 5.79. The van der Waals surface area contributed by atoms with Crippen molar-refractivity contribution in [3.8, 4) is 0 Å². The number of nitrogens with one attached hydrogen (secondary N) is 1. The van der Waals surface area contributed by atoms with E-state index in [0.29, 0.717) is 0 Å². The number of ether oxygens (including phenoxy) is 1. The highest BCUT2D eigenvalue weighted by Crippen LogP contribution is 2.30. The van der Waals surface area contributed by atoms with Crippen molar-refractivity contribution in [1.82, 2.24) is 10.4 Å². The Labute approximate surface area is 116 Å². The average molecular weight is 275 g/mol. The molecule has 2 atom stereocenters. The van der Waals surface area contributed by atoms with Gasteiger partial charge in [0.1, 0.15) is 0 Å². The zero-order valence-electron chi connectivity index (χ0n) is 10.6. The van der Waals surface area contributed by atoms with Gasteiger partial charge >= 0.3 is 0 Å². The van der Waals surface area contributed by atoms with Gasteiger partial charge in [-0.2, -0.15) is 0 Å². The summed E-state index contributed by atoms with van der Waals surface area (Å²) in [7, 11) is 0. The van der Waals surface area contributed by atoms with Gasteiger partial charge in [0.15, 0.2) is 0 Å². The molecular formula is C14H17N3OS. The first-order valence-electron chi connectivity index (χ1n) is 6.42. The number of fused-ring (bicyclic) bond motifs is 1. The number of hydrogen-bond acceptors (Lipinski definition) is 5. The normalized spacial score (nSPS) is 19.9. The molecule has 4 nitrogen and oxygen atoms in total. The van der Waals surface area contributed by atoms with Gasteiger partial charge in [0.25, 0.3) is 0 Å². The van der Waals surface area contributed by atoms with Crippen LogP contribution in [-0.4, -0.2) is 17.6 Å². The minimum Gasteiger partial charge on any atom is -0.371 e. The summed E-state index contributed by atoms with van der Waals surface area (Å²) in [6.45, 7) is 0.748. The van der Waals surface area contributed by atoms with Crippen LogP contribution in [0, 0.1) is 0 Å². The Morgan fingerprint density at radius 3 is 3.16 bits per heavy atom. The van der Waals surface area contributed by atoms with Gasteiger partial charge < -0.3 is 4.74 Å². The lowest BCUT2D eigenvalue weighted by Gasteiger charge is -2.31. The van der Waals surface area contributed by atoms with Crippen LogP contribution in [0.25, 0.3) is 0 Å². The fourth-order valence-electron chi connectivity index (χ4n) is 2.55. The predicted octanol–water partition coefficient (Wildman–Crippen LogP) is 1.83. The Morgan fingerprint density at radius 2 is 2.37 bits per heavy atom. The topological polar surface area (TPSA) is 60.2 Å². The number of hydrogen-bond donors (Lipinski definition) is 2. The summed E-state index contributed by atoms with van der Waals surface area (Å²) in [6.07, 6.45) is 3.58. The molecule has 2 unspecified atom stereocenters. The van der Waals surface area contributed by atoms with Crippen molar-refractivity contribution in [2.75, 3.05) is 6.61 Å². The van der Waals surface area contributed by atoms with E-state index in [-0.39, 0.29) is 12.1 Å². The quantitative estimate of drug-likeness (QED) is 0.660. The van der Waals surface area contributed by atoms with Gasteiger partial charge in [0, 0.05) is 18.0 Å². The summed E-state index contributed by atoms with van der Waals surface area (Å²) in [5.41, 5.74) is 5.50. The summed E-state index contributed by atoms with van der Waals surface area (Å²) in [6, 6.07) is 8.48. The van der Waals surface area contributed by atoms with Gasteiger partial charge in [-0.3, -0.25) is 11.3 Å². The molecular weight excluding hydrogens is 258 g/mol. The lowest BCUT2D eigenvalue weighted by molar-refractivity contribution is 0.0154. The largest absolute Gasteiger partial charge is 0.371 e. The van der Waals surface area contributed by atoms with E-state index >= 15 is 0 Å². The van der Waals surface area contributed by atoms with E-state index in [1.165, 1.54) is 11.1 Å². The molecule has 100 valence electrons. The molecule has 3 rings (SSSR count). The van der Waals surface area contributed by atoms with Crippen LogP contribution in [0.15, 0.2) is 35.8 Å². The number of nitrogens with two attached hydrogens (primary N) is 1. The van der Waals surface area contributed by atoms with Gasteiger partial charge in [-0.1, -0.05) is 24.3 Å². The molecule has 1 aliphatic heterocycles. The van der Waals surface area contributed by atoms with Crippen LogP contribution in [0.5, 0.6) is 0 Å². The van der Waals surface area contributed by atoms with Gasteiger partial charge in [-0.25, -0.2) is 4.98 Å². The molecule has 0 fully saturated rings. The smallest absolute Gasteiger partial charge is 0.0998 e. The van der Waals surface area contributed by atoms with Crippen LogP contribution in [0.1, 0.15) is 22.2 Å². The monoisotopic (exact) mass is 275 g/mol. The molecule has 0 radical (unpaired) electrons. The second-order valence-electron chi connectivity index (χ2n) is 4.64. The van der Waals surface area contributed by atoms with E-state index in [2.05, 4.69) is 34.7 Å². The molecule has 5 heteroatoms. The molecule has 0 aliphatic carbocycles. The molecule has 0 bridgehead atoms. The van der Waals surface area contributed by atoms with E-state index < -0.39 is 0 Å². The standard InChI is InChI=1S/C14H17N3OS/c15-17-12(9-13-16-6-8-19-13)14-11-4-2-1-3-10(11)5-7-18-14/h1-4,6,8,12,14,17H,5,7,9,15H2. The van der Waals surface area contributed by atoms with E-state index in [0.717, 1.165) is 24.5 Å². The van der Waals surface area contributed by atoms with Crippen molar-refractivity contribution in [2.45, 2.75) is 25.0 Å². The highest BCUT2D eigenvalue weighted by atomic mass is 32.1. The van der Waals surface area contributed by atoms with Crippen LogP contribution in [-0.2, 0) is 17.6 Å². The van der Waals surface area contributed by atoms with Crippen LogP contribution in [0.3, 0.4) is 0 Å². The summed E-state index contributed by atoms with van der Waals surface area (Å²) in [5, 5.41) is 3.06. The minimum absolute atomic E-state index is 0.00106. The third-order valence-corrected chi connectivity index (χ3v) is 4.29. The molecule has 0 saturated carbocycles. The third kappa shape index (κ3) is 2.69. The van der Waals surface area contributed by atoms with Gasteiger partial charge in [0.05, 0.1) is 23.8 Å². The molecule has 0 amide bonds. The minimum atomic E-state index is -0.00106. The first-order valence-corrected chi connectivity index (χ1v) is 7.30. The molecule has 1 aliphatic rings. The van der Waals surface area contributed by atoms with Crippen LogP contribution in [0.2, 0.25) is 0 Å². The highest BCUT2D eigenvalue weighted by molar-refractivity contribution is 7.09. The highest BCUT2D eigenvalue weighted by Gasteiger charge is 2.28. The molecule has 19 heavy (non-hydrogen) atoms. The van der Waals surface area contributed by atoms with Gasteiger partial charge in [0.2, 0.25) is 0 Å². The van der Waals surface area contributed by atoms with Gasteiger partial charge in [-0.05, 0) is 17.5 Å². The molecule has 2 heterocycles. The maximum absolute atomic E-state index is 5.94. The number of hydrazine groups is 1. The van der Waals surface area contributed by atoms with E-state index in [1.807, 2.05) is 11.6 Å². The molecule has 1 aromatic carbocycles. The second-order valence-corrected chi connectivity index (χ2v) is 5.62. The number of nitrogens with zero attached hydrogens (tertiary/aromatic N) is 1. The number of rotatable bonds is 4. The average Bonchev–Trinajstić information content (AvgIpc) is 2.97. The van der Waals surface area contributed by atoms with E-state index in [4.69, 9.17) is 10.6 Å². The van der Waals surface area contributed by atoms with Crippen molar-refractivity contribution < 1.29 is 4.74 Å². The summed E-state index contributed by atoms with van der Waals surface area (Å²) < 4.78 is 5.94. The Hall–Kier alpha value is -1.27. The zero-order valence-corrected chi connectivity index (χ0v) is 11.4. The molecule has 0 saturated heterocycles. The first kappa shape index (κ1) is 12.7. The Kier molecular flexibility index (Phi) is 3.89. The fraction of sp³-hybridized carbons (Fsp3) is 0.357. The lowest BCUT2D eigenvalue weighted by Crippen LogP contribution is -2.43. The van der Waals surface area contributed by atoms with Crippen LogP contribution < -0.4 is 11.3 Å². The summed E-state index contributed by atoms with van der Waals surface area (Å²) >= 11 is 1.65. The van der Waals surface area contributed by atoms with Crippen molar-refractivity contribution in [2.24, 2.45) is 5.84 Å². The predicted molar refractivity (Wildman–Crippen MR) is 75.8 cm³/mol. The summed E-state index contributed by atoms with van der Waals surface area (Å²) in [5.74, 6) is 5.72. The fourth-order valence-corrected chi connectivity index (χ4v) is 3.23. The number of thiazole rings is 1. The van der Waals surface area contributed by atoms with Crippen molar-refractivity contribution >= 4 is 11.3 Å². The summed E-state index contributed by atoms with van der Waals surface area (Å²) in [4.78, 5) is 4.32. The van der Waals surface area contributed by atoms with Crippen molar-refractivity contribution in [3.63, 3.8) is 0 Å². The van der Waals surface area contributed by atoms with E-state index in [1.54, 1.807) is 11.3 Å². The maximum Gasteiger partial charge on any atom is 0.0998 e. The zero-order chi connectivity index (χ0) is 13.1.